The van der Waals surface area contributed by atoms with Crippen LogP contribution >= 0.6 is 11.3 Å². The van der Waals surface area contributed by atoms with Gasteiger partial charge in [0.1, 0.15) is 5.01 Å². The molecule has 1 aromatic heterocycles. The Morgan fingerprint density at radius 2 is 2.11 bits per heavy atom. The molecule has 2 rings (SSSR count). The van der Waals surface area contributed by atoms with E-state index in [4.69, 9.17) is 5.73 Å². The molecule has 0 bridgehead atoms. The van der Waals surface area contributed by atoms with Crippen LogP contribution in [0.3, 0.4) is 0 Å². The molecule has 3 N–H and O–H groups in total. The number of hydrogen-bond acceptors (Lipinski definition) is 5. The van der Waals surface area contributed by atoms with E-state index in [1.54, 1.807) is 0 Å². The zero-order valence-electron chi connectivity index (χ0n) is 10.7. The molecular formula is C13H16N4OS. The van der Waals surface area contributed by atoms with E-state index in [1.807, 2.05) is 37.3 Å². The van der Waals surface area contributed by atoms with Gasteiger partial charge >= 0.3 is 0 Å². The van der Waals surface area contributed by atoms with Gasteiger partial charge in [0.05, 0.1) is 6.04 Å². The molecule has 0 saturated carbocycles. The second-order valence-corrected chi connectivity index (χ2v) is 5.28. The minimum absolute atomic E-state index is 0.0590. The summed E-state index contributed by atoms with van der Waals surface area (Å²) < 4.78 is 0. The third-order valence-electron chi connectivity index (χ3n) is 2.56. The number of hydrogen-bond donors (Lipinski definition) is 2. The lowest BCUT2D eigenvalue weighted by atomic mass is 10.1. The molecule has 1 heterocycles. The smallest absolute Gasteiger partial charge is 0.226 e. The van der Waals surface area contributed by atoms with Gasteiger partial charge in [-0.25, -0.2) is 0 Å². The maximum Gasteiger partial charge on any atom is 0.226 e. The number of carbonyl (C=O) groups is 1. The summed E-state index contributed by atoms with van der Waals surface area (Å²) in [6.45, 7) is 1.83. The summed E-state index contributed by atoms with van der Waals surface area (Å²) in [6, 6.07) is 9.74. The molecule has 6 heteroatoms. The van der Waals surface area contributed by atoms with Crippen molar-refractivity contribution in [3.05, 3.63) is 40.9 Å². The van der Waals surface area contributed by atoms with Gasteiger partial charge in [-0.15, -0.1) is 10.2 Å². The number of carbonyl (C=O) groups excluding carboxylic acids is 1. The predicted octanol–water partition coefficient (Wildman–Crippen LogP) is 2.13. The van der Waals surface area contributed by atoms with Crippen LogP contribution in [0.4, 0.5) is 5.13 Å². The number of aromatic nitrogens is 2. The SMILES string of the molecule is CC(N)c1nnc(NC(=O)CCc2ccccc2)s1. The topological polar surface area (TPSA) is 80.9 Å². The summed E-state index contributed by atoms with van der Waals surface area (Å²) in [5.41, 5.74) is 6.83. The fourth-order valence-corrected chi connectivity index (χ4v) is 2.27. The average Bonchev–Trinajstić information content (AvgIpc) is 2.86. The zero-order chi connectivity index (χ0) is 13.7. The Hall–Kier alpha value is -1.79. The highest BCUT2D eigenvalue weighted by Gasteiger charge is 2.10. The highest BCUT2D eigenvalue weighted by atomic mass is 32.1. The summed E-state index contributed by atoms with van der Waals surface area (Å²) >= 11 is 1.31. The van der Waals surface area contributed by atoms with Crippen molar-refractivity contribution in [2.45, 2.75) is 25.8 Å². The molecule has 0 radical (unpaired) electrons. The number of anilines is 1. The Bertz CT molecular complexity index is 539. The van der Waals surface area contributed by atoms with Gasteiger partial charge < -0.3 is 11.1 Å². The summed E-state index contributed by atoms with van der Waals surface area (Å²) in [5.74, 6) is -0.0590. The standard InChI is InChI=1S/C13H16N4OS/c1-9(14)12-16-17-13(19-12)15-11(18)8-7-10-5-3-2-4-6-10/h2-6,9H,7-8,14H2,1H3,(H,15,17,18). The number of nitrogens with zero attached hydrogens (tertiary/aromatic N) is 2. The first-order valence-electron chi connectivity index (χ1n) is 6.08. The quantitative estimate of drug-likeness (QED) is 0.876. The normalized spacial score (nSPS) is 12.1. The van der Waals surface area contributed by atoms with Crippen LogP contribution in [0.1, 0.15) is 30.0 Å². The molecular weight excluding hydrogens is 260 g/mol. The molecule has 0 aliphatic carbocycles. The van der Waals surface area contributed by atoms with E-state index in [9.17, 15) is 4.79 Å². The zero-order valence-corrected chi connectivity index (χ0v) is 11.5. The van der Waals surface area contributed by atoms with Gasteiger partial charge in [-0.1, -0.05) is 41.7 Å². The third-order valence-corrected chi connectivity index (χ3v) is 3.60. The molecule has 0 fully saturated rings. The summed E-state index contributed by atoms with van der Waals surface area (Å²) in [7, 11) is 0. The van der Waals surface area contributed by atoms with Crippen molar-refractivity contribution in [3.63, 3.8) is 0 Å². The fraction of sp³-hybridized carbons (Fsp3) is 0.308. The van der Waals surface area contributed by atoms with Crippen molar-refractivity contribution in [2.75, 3.05) is 5.32 Å². The van der Waals surface area contributed by atoms with Crippen molar-refractivity contribution in [2.24, 2.45) is 5.73 Å². The van der Waals surface area contributed by atoms with Crippen LogP contribution in [0.25, 0.3) is 0 Å². The lowest BCUT2D eigenvalue weighted by Crippen LogP contribution is -2.12. The van der Waals surface area contributed by atoms with Crippen LogP contribution < -0.4 is 11.1 Å². The van der Waals surface area contributed by atoms with Crippen LogP contribution in [-0.2, 0) is 11.2 Å². The second-order valence-electron chi connectivity index (χ2n) is 4.27. The van der Waals surface area contributed by atoms with Crippen LogP contribution in [0, 0.1) is 0 Å². The summed E-state index contributed by atoms with van der Waals surface area (Å²) in [6.07, 6.45) is 1.14. The fourth-order valence-electron chi connectivity index (χ4n) is 1.55. The highest BCUT2D eigenvalue weighted by Crippen LogP contribution is 2.19. The maximum absolute atomic E-state index is 11.8. The number of aryl methyl sites for hydroxylation is 1. The molecule has 1 aromatic carbocycles. The van der Waals surface area contributed by atoms with Crippen LogP contribution in [-0.4, -0.2) is 16.1 Å². The average molecular weight is 276 g/mol. The molecule has 1 atom stereocenters. The molecule has 19 heavy (non-hydrogen) atoms. The van der Waals surface area contributed by atoms with Gasteiger partial charge in [-0.3, -0.25) is 4.79 Å². The van der Waals surface area contributed by atoms with E-state index in [0.717, 1.165) is 10.6 Å². The van der Waals surface area contributed by atoms with E-state index < -0.39 is 0 Å². The van der Waals surface area contributed by atoms with Gasteiger partial charge in [-0.2, -0.15) is 0 Å². The molecule has 0 saturated heterocycles. The number of nitrogens with one attached hydrogen (secondary N) is 1. The molecule has 5 nitrogen and oxygen atoms in total. The first kappa shape index (κ1) is 13.6. The largest absolute Gasteiger partial charge is 0.322 e. The van der Waals surface area contributed by atoms with Gasteiger partial charge in [0, 0.05) is 6.42 Å². The van der Waals surface area contributed by atoms with Crippen molar-refractivity contribution in [1.29, 1.82) is 0 Å². The van der Waals surface area contributed by atoms with E-state index in [0.29, 0.717) is 18.0 Å². The molecule has 1 unspecified atom stereocenters. The second kappa shape index (κ2) is 6.40. The molecule has 0 spiro atoms. The number of rotatable bonds is 5. The minimum atomic E-state index is -0.160. The Kier molecular flexibility index (Phi) is 4.59. The van der Waals surface area contributed by atoms with Crippen molar-refractivity contribution < 1.29 is 4.79 Å². The lowest BCUT2D eigenvalue weighted by molar-refractivity contribution is -0.116. The van der Waals surface area contributed by atoms with Gasteiger partial charge in [0.2, 0.25) is 11.0 Å². The first-order valence-corrected chi connectivity index (χ1v) is 6.89. The van der Waals surface area contributed by atoms with E-state index >= 15 is 0 Å². The Morgan fingerprint density at radius 1 is 1.37 bits per heavy atom. The first-order chi connectivity index (χ1) is 9.15. The monoisotopic (exact) mass is 276 g/mol. The van der Waals surface area contributed by atoms with Gasteiger partial charge in [-0.05, 0) is 18.9 Å². The Balaban J connectivity index is 1.84. The van der Waals surface area contributed by atoms with Gasteiger partial charge in [0.25, 0.3) is 0 Å². The van der Waals surface area contributed by atoms with Crippen LogP contribution in [0.5, 0.6) is 0 Å². The molecule has 1 amide bonds. The lowest BCUT2D eigenvalue weighted by Gasteiger charge is -2.01. The number of nitrogens with two attached hydrogens (primary N) is 1. The molecule has 0 aliphatic heterocycles. The third kappa shape index (κ3) is 4.11. The highest BCUT2D eigenvalue weighted by molar-refractivity contribution is 7.15. The molecule has 100 valence electrons. The van der Waals surface area contributed by atoms with Crippen molar-refractivity contribution in [3.8, 4) is 0 Å². The number of benzene rings is 1. The van der Waals surface area contributed by atoms with E-state index in [-0.39, 0.29) is 11.9 Å². The summed E-state index contributed by atoms with van der Waals surface area (Å²) in [5, 5.41) is 11.8. The molecule has 0 aliphatic rings. The minimum Gasteiger partial charge on any atom is -0.322 e. The number of amides is 1. The van der Waals surface area contributed by atoms with Crippen molar-refractivity contribution in [1.82, 2.24) is 10.2 Å². The molecule has 2 aromatic rings. The van der Waals surface area contributed by atoms with Crippen molar-refractivity contribution >= 4 is 22.4 Å². The van der Waals surface area contributed by atoms with E-state index in [1.165, 1.54) is 11.3 Å². The Morgan fingerprint density at radius 3 is 2.74 bits per heavy atom. The van der Waals surface area contributed by atoms with E-state index in [2.05, 4.69) is 15.5 Å². The predicted molar refractivity (Wildman–Crippen MR) is 75.9 cm³/mol. The van der Waals surface area contributed by atoms with Crippen LogP contribution in [0.15, 0.2) is 30.3 Å². The Labute approximate surface area is 115 Å². The van der Waals surface area contributed by atoms with Crippen LogP contribution in [0.2, 0.25) is 0 Å². The maximum atomic E-state index is 11.8. The summed E-state index contributed by atoms with van der Waals surface area (Å²) in [4.78, 5) is 11.8. The van der Waals surface area contributed by atoms with Gasteiger partial charge in [0.15, 0.2) is 0 Å².